The van der Waals surface area contributed by atoms with E-state index < -0.39 is 0 Å². The van der Waals surface area contributed by atoms with Crippen LogP contribution in [0.15, 0.2) is 102 Å². The third kappa shape index (κ3) is 3.16. The molecule has 2 nitrogen and oxygen atoms in total. The van der Waals surface area contributed by atoms with Gasteiger partial charge in [0.05, 0.1) is 17.4 Å². The fourth-order valence-corrected chi connectivity index (χ4v) is 4.53. The Hall–Kier alpha value is -3.13. The minimum atomic E-state index is 0.262. The number of anilines is 1. The molecule has 0 bridgehead atoms. The van der Waals surface area contributed by atoms with Crippen molar-refractivity contribution < 1.29 is 0 Å². The first-order valence-corrected chi connectivity index (χ1v) is 10.1. The molecular formula is C26H24N2. The van der Waals surface area contributed by atoms with Crippen LogP contribution in [-0.2, 0) is 0 Å². The van der Waals surface area contributed by atoms with Gasteiger partial charge in [-0.2, -0.15) is 5.10 Å². The zero-order valence-corrected chi connectivity index (χ0v) is 15.9. The molecule has 1 aliphatic carbocycles. The fraction of sp³-hybridized carbons (Fsp3) is 0.192. The van der Waals surface area contributed by atoms with Gasteiger partial charge in [0.15, 0.2) is 0 Å². The molecule has 1 fully saturated rings. The number of allylic oxidation sites excluding steroid dienone is 1. The number of hydrogen-bond donors (Lipinski definition) is 0. The zero-order valence-electron chi connectivity index (χ0n) is 15.9. The van der Waals surface area contributed by atoms with Gasteiger partial charge in [-0.15, -0.1) is 0 Å². The maximum atomic E-state index is 5.20. The highest BCUT2D eigenvalue weighted by Gasteiger charge is 2.41. The van der Waals surface area contributed by atoms with Crippen LogP contribution in [0.2, 0.25) is 0 Å². The number of hydrazone groups is 1. The quantitative estimate of drug-likeness (QED) is 0.519. The summed E-state index contributed by atoms with van der Waals surface area (Å²) in [5, 5.41) is 7.45. The molecule has 2 atom stereocenters. The van der Waals surface area contributed by atoms with E-state index in [0.29, 0.717) is 5.92 Å². The summed E-state index contributed by atoms with van der Waals surface area (Å²) in [4.78, 5) is 0. The van der Waals surface area contributed by atoms with Crippen molar-refractivity contribution in [1.82, 2.24) is 0 Å². The number of para-hydroxylation sites is 1. The highest BCUT2D eigenvalue weighted by molar-refractivity contribution is 6.08. The first-order chi connectivity index (χ1) is 13.9. The summed E-state index contributed by atoms with van der Waals surface area (Å²) in [6.07, 6.45) is 5.85. The van der Waals surface area contributed by atoms with Crippen molar-refractivity contribution in [1.29, 1.82) is 0 Å². The predicted octanol–water partition coefficient (Wildman–Crippen LogP) is 6.49. The maximum Gasteiger partial charge on any atom is 0.0859 e. The molecule has 0 spiro atoms. The minimum absolute atomic E-state index is 0.262. The third-order valence-electron chi connectivity index (χ3n) is 5.80. The molecule has 0 radical (unpaired) electrons. The summed E-state index contributed by atoms with van der Waals surface area (Å²) in [5.74, 6) is 0.436. The maximum absolute atomic E-state index is 5.20. The molecule has 0 aromatic heterocycles. The lowest BCUT2D eigenvalue weighted by atomic mass is 9.77. The van der Waals surface area contributed by atoms with Crippen molar-refractivity contribution in [3.63, 3.8) is 0 Å². The van der Waals surface area contributed by atoms with E-state index in [4.69, 9.17) is 5.10 Å². The van der Waals surface area contributed by atoms with Crippen LogP contribution in [0, 0.1) is 5.92 Å². The molecule has 0 unspecified atom stereocenters. The van der Waals surface area contributed by atoms with Crippen LogP contribution in [0.1, 0.15) is 36.4 Å². The summed E-state index contributed by atoms with van der Waals surface area (Å²) in [6.45, 7) is 0. The smallest absolute Gasteiger partial charge is 0.0859 e. The van der Waals surface area contributed by atoms with Gasteiger partial charge in [0.25, 0.3) is 0 Å². The SMILES string of the molecule is C(=C1\CCC[C@H]2C1=NN(c1ccccc1)[C@@H]2c1ccccc1)/c1ccccc1. The molecule has 3 aromatic rings. The van der Waals surface area contributed by atoms with Gasteiger partial charge in [0, 0.05) is 5.92 Å². The normalized spacial score (nSPS) is 22.8. The van der Waals surface area contributed by atoms with E-state index in [9.17, 15) is 0 Å². The van der Waals surface area contributed by atoms with Crippen molar-refractivity contribution in [3.8, 4) is 0 Å². The molecule has 2 heteroatoms. The number of hydrogen-bond acceptors (Lipinski definition) is 2. The average molecular weight is 364 g/mol. The fourth-order valence-electron chi connectivity index (χ4n) is 4.53. The lowest BCUT2D eigenvalue weighted by Gasteiger charge is -2.30. The van der Waals surface area contributed by atoms with E-state index in [2.05, 4.69) is 102 Å². The zero-order chi connectivity index (χ0) is 18.8. The number of fused-ring (bicyclic) bond motifs is 1. The largest absolute Gasteiger partial charge is 0.257 e. The molecule has 2 aliphatic rings. The van der Waals surface area contributed by atoms with Crippen molar-refractivity contribution in [2.24, 2.45) is 11.0 Å². The third-order valence-corrected chi connectivity index (χ3v) is 5.80. The van der Waals surface area contributed by atoms with Crippen molar-refractivity contribution in [2.45, 2.75) is 25.3 Å². The molecule has 138 valence electrons. The monoisotopic (exact) mass is 364 g/mol. The number of nitrogens with zero attached hydrogens (tertiary/aromatic N) is 2. The molecule has 1 heterocycles. The summed E-state index contributed by atoms with van der Waals surface area (Å²) in [6, 6.07) is 32.3. The molecule has 1 saturated carbocycles. The van der Waals surface area contributed by atoms with Crippen LogP contribution in [-0.4, -0.2) is 5.71 Å². The van der Waals surface area contributed by atoms with Gasteiger partial charge in [-0.1, -0.05) is 78.9 Å². The van der Waals surface area contributed by atoms with Gasteiger partial charge >= 0.3 is 0 Å². The Labute approximate surface area is 166 Å². The van der Waals surface area contributed by atoms with Gasteiger partial charge in [0.1, 0.15) is 0 Å². The van der Waals surface area contributed by atoms with Gasteiger partial charge < -0.3 is 0 Å². The van der Waals surface area contributed by atoms with E-state index in [1.165, 1.54) is 35.3 Å². The Kier molecular flexibility index (Phi) is 4.54. The van der Waals surface area contributed by atoms with Crippen LogP contribution in [0.4, 0.5) is 5.69 Å². The highest BCUT2D eigenvalue weighted by Crippen LogP contribution is 2.46. The summed E-state index contributed by atoms with van der Waals surface area (Å²) in [7, 11) is 0. The Morgan fingerprint density at radius 2 is 1.43 bits per heavy atom. The first kappa shape index (κ1) is 17.0. The molecule has 5 rings (SSSR count). The van der Waals surface area contributed by atoms with Gasteiger partial charge in [-0.3, -0.25) is 5.01 Å². The lowest BCUT2D eigenvalue weighted by Crippen LogP contribution is -2.28. The van der Waals surface area contributed by atoms with Crippen LogP contribution in [0.25, 0.3) is 6.08 Å². The van der Waals surface area contributed by atoms with Crippen LogP contribution in [0.3, 0.4) is 0 Å². The standard InChI is InChI=1S/C26H24N2/c1-4-11-20(12-5-1)19-22-15-10-18-24-25(22)27-28(23-16-8-3-9-17-23)26(24)21-13-6-2-7-14-21/h1-9,11-14,16-17,19,24,26H,10,15,18H2/b22-19-/t24-,26+/m0/s1. The number of rotatable bonds is 3. The van der Waals surface area contributed by atoms with Crippen molar-refractivity contribution in [2.75, 3.05) is 5.01 Å². The van der Waals surface area contributed by atoms with Gasteiger partial charge in [-0.25, -0.2) is 0 Å². The van der Waals surface area contributed by atoms with E-state index in [1.54, 1.807) is 0 Å². The van der Waals surface area contributed by atoms with Gasteiger partial charge in [-0.05, 0) is 54.2 Å². The molecule has 0 amide bonds. The Bertz CT molecular complexity index is 990. The Morgan fingerprint density at radius 1 is 0.786 bits per heavy atom. The highest BCUT2D eigenvalue weighted by atomic mass is 15.5. The van der Waals surface area contributed by atoms with Crippen LogP contribution < -0.4 is 5.01 Å². The molecule has 0 saturated heterocycles. The number of benzene rings is 3. The summed E-state index contributed by atoms with van der Waals surface area (Å²) < 4.78 is 0. The predicted molar refractivity (Wildman–Crippen MR) is 117 cm³/mol. The Morgan fingerprint density at radius 3 is 2.14 bits per heavy atom. The topological polar surface area (TPSA) is 15.6 Å². The van der Waals surface area contributed by atoms with E-state index in [1.807, 2.05) is 0 Å². The second kappa shape index (κ2) is 7.47. The van der Waals surface area contributed by atoms with Crippen molar-refractivity contribution in [3.05, 3.63) is 108 Å². The van der Waals surface area contributed by atoms with E-state index in [0.717, 1.165) is 12.1 Å². The Balaban J connectivity index is 1.59. The summed E-state index contributed by atoms with van der Waals surface area (Å²) in [5.41, 5.74) is 6.43. The van der Waals surface area contributed by atoms with E-state index in [-0.39, 0.29) is 6.04 Å². The second-order valence-corrected chi connectivity index (χ2v) is 7.60. The van der Waals surface area contributed by atoms with Crippen LogP contribution in [0.5, 0.6) is 0 Å². The molecule has 28 heavy (non-hydrogen) atoms. The minimum Gasteiger partial charge on any atom is -0.257 e. The van der Waals surface area contributed by atoms with Crippen LogP contribution >= 0.6 is 0 Å². The first-order valence-electron chi connectivity index (χ1n) is 10.1. The van der Waals surface area contributed by atoms with Gasteiger partial charge in [0.2, 0.25) is 0 Å². The average Bonchev–Trinajstić information content (AvgIpc) is 3.16. The van der Waals surface area contributed by atoms with E-state index >= 15 is 0 Å². The molecule has 0 N–H and O–H groups in total. The van der Waals surface area contributed by atoms with Crippen molar-refractivity contribution >= 4 is 17.5 Å². The molecule has 3 aromatic carbocycles. The second-order valence-electron chi connectivity index (χ2n) is 7.60. The summed E-state index contributed by atoms with van der Waals surface area (Å²) >= 11 is 0. The molecule has 1 aliphatic heterocycles. The lowest BCUT2D eigenvalue weighted by molar-refractivity contribution is 0.488. The molecular weight excluding hydrogens is 340 g/mol.